The highest BCUT2D eigenvalue weighted by atomic mass is 16.6. The molecule has 1 atom stereocenters. The van der Waals surface area contributed by atoms with Crippen LogP contribution in [-0.4, -0.2) is 37.2 Å². The van der Waals surface area contributed by atoms with Crippen LogP contribution in [0.25, 0.3) is 0 Å². The summed E-state index contributed by atoms with van der Waals surface area (Å²) in [4.78, 5) is 38.2. The molecule has 0 aromatic rings. The predicted octanol–water partition coefficient (Wildman–Crippen LogP) is 20.0. The van der Waals surface area contributed by atoms with Crippen molar-refractivity contribution in [2.45, 2.75) is 245 Å². The lowest BCUT2D eigenvalue weighted by Crippen LogP contribution is -2.30. The number of ether oxygens (including phenoxy) is 3. The monoisotopic (exact) mass is 1010 g/mol. The molecule has 0 unspecified atom stereocenters. The van der Waals surface area contributed by atoms with Gasteiger partial charge in [-0.3, -0.25) is 14.4 Å². The molecule has 0 amide bonds. The summed E-state index contributed by atoms with van der Waals surface area (Å²) >= 11 is 0. The second-order valence-corrected chi connectivity index (χ2v) is 18.8. The molecule has 0 spiro atoms. The summed E-state index contributed by atoms with van der Waals surface area (Å²) in [6.07, 6.45) is 85.6. The molecule has 0 saturated carbocycles. The third-order valence-corrected chi connectivity index (χ3v) is 11.8. The van der Waals surface area contributed by atoms with E-state index < -0.39 is 6.10 Å². The van der Waals surface area contributed by atoms with Crippen molar-refractivity contribution in [1.29, 1.82) is 0 Å². The number of hydrogen-bond acceptors (Lipinski definition) is 6. The Morgan fingerprint density at radius 2 is 0.562 bits per heavy atom. The van der Waals surface area contributed by atoms with Crippen molar-refractivity contribution < 1.29 is 28.6 Å². The molecule has 0 aliphatic carbocycles. The molecule has 6 heteroatoms. The lowest BCUT2D eigenvalue weighted by molar-refractivity contribution is -0.166. The lowest BCUT2D eigenvalue weighted by Gasteiger charge is -2.18. The molecule has 0 saturated heterocycles. The van der Waals surface area contributed by atoms with Crippen LogP contribution in [0.2, 0.25) is 0 Å². The summed E-state index contributed by atoms with van der Waals surface area (Å²) in [6, 6.07) is 0. The quantitative estimate of drug-likeness (QED) is 0.0261. The minimum atomic E-state index is -0.835. The fraction of sp³-hybridized carbons (Fsp3) is 0.597. The van der Waals surface area contributed by atoms with Crippen molar-refractivity contribution in [1.82, 2.24) is 0 Å². The van der Waals surface area contributed by atoms with Crippen LogP contribution in [-0.2, 0) is 28.6 Å². The van der Waals surface area contributed by atoms with Gasteiger partial charge in [0.1, 0.15) is 13.2 Å². The summed E-state index contributed by atoms with van der Waals surface area (Å²) in [6.45, 7) is 6.30. The average molecular weight is 1010 g/mol. The SMILES string of the molecule is CC/C=C\C/C=C\C/C=C\C/C=C\C/C=C\C/C=C\CCC(=O)OC[C@@H](COC(=O)CCCCCCCCC/C=C\CCCCCCCC)OC(=O)CCCCC/C=C\C/C=C\C/C=C\C/C=C\C/C=C\CC. The summed E-state index contributed by atoms with van der Waals surface area (Å²) in [5, 5.41) is 0. The van der Waals surface area contributed by atoms with Crippen molar-refractivity contribution >= 4 is 17.9 Å². The predicted molar refractivity (Wildman–Crippen MR) is 315 cm³/mol. The van der Waals surface area contributed by atoms with E-state index in [1.54, 1.807) is 0 Å². The van der Waals surface area contributed by atoms with E-state index in [1.165, 1.54) is 77.0 Å². The van der Waals surface area contributed by atoms with Gasteiger partial charge in [-0.1, -0.05) is 237 Å². The van der Waals surface area contributed by atoms with Crippen LogP contribution in [0.1, 0.15) is 239 Å². The standard InChI is InChI=1S/C67H106O6/c1-4-7-10-13-16-19-22-25-28-31-33-36-39-42-45-48-51-54-57-60-66(69)72-63-64(62-71-65(68)59-56-53-50-47-44-41-38-35-30-27-24-21-18-15-12-9-6-3)73-67(70)61-58-55-52-49-46-43-40-37-34-32-29-26-23-20-17-14-11-8-5-2/h7-8,10-11,16-17,19-20,25-30,33-34,36-37,42-43,45-46,51,54,64H,4-6,9,12-15,18,21-24,31-32,35,38-41,44,47-50,52-53,55-63H2,1-3H3/b10-7-,11-8-,19-16-,20-17-,28-25-,29-26-,30-27-,36-33-,37-34-,45-42-,46-43-,54-51-/t64-/m1/s1. The van der Waals surface area contributed by atoms with E-state index in [0.29, 0.717) is 19.3 Å². The van der Waals surface area contributed by atoms with Gasteiger partial charge in [0.15, 0.2) is 6.10 Å². The van der Waals surface area contributed by atoms with Crippen LogP contribution in [0.3, 0.4) is 0 Å². The number of hydrogen-bond donors (Lipinski definition) is 0. The molecule has 0 fully saturated rings. The molecule has 0 N–H and O–H groups in total. The zero-order chi connectivity index (χ0) is 52.9. The Morgan fingerprint density at radius 3 is 0.945 bits per heavy atom. The first-order valence-corrected chi connectivity index (χ1v) is 29.3. The molecule has 410 valence electrons. The van der Waals surface area contributed by atoms with E-state index in [9.17, 15) is 14.4 Å². The summed E-state index contributed by atoms with van der Waals surface area (Å²) < 4.78 is 16.8. The van der Waals surface area contributed by atoms with Gasteiger partial charge in [0.25, 0.3) is 0 Å². The van der Waals surface area contributed by atoms with Gasteiger partial charge in [-0.15, -0.1) is 0 Å². The topological polar surface area (TPSA) is 78.9 Å². The molecule has 0 bridgehead atoms. The Bertz CT molecular complexity index is 1630. The number of carbonyl (C=O) groups is 3. The maximum absolute atomic E-state index is 12.9. The van der Waals surface area contributed by atoms with E-state index in [1.807, 2.05) is 12.2 Å². The van der Waals surface area contributed by atoms with Gasteiger partial charge < -0.3 is 14.2 Å². The first-order chi connectivity index (χ1) is 36.0. The molecule has 0 radical (unpaired) electrons. The van der Waals surface area contributed by atoms with Gasteiger partial charge in [0.2, 0.25) is 0 Å². The molecular formula is C67H106O6. The minimum absolute atomic E-state index is 0.123. The number of allylic oxidation sites excluding steroid dienone is 24. The maximum Gasteiger partial charge on any atom is 0.306 e. The van der Waals surface area contributed by atoms with Gasteiger partial charge in [0, 0.05) is 19.3 Å². The zero-order valence-corrected chi connectivity index (χ0v) is 46.8. The normalized spacial score (nSPS) is 13.2. The van der Waals surface area contributed by atoms with E-state index >= 15 is 0 Å². The second-order valence-electron chi connectivity index (χ2n) is 18.8. The van der Waals surface area contributed by atoms with Crippen molar-refractivity contribution in [3.05, 3.63) is 146 Å². The Kier molecular flexibility index (Phi) is 56.0. The van der Waals surface area contributed by atoms with Crippen molar-refractivity contribution in [2.75, 3.05) is 13.2 Å². The third kappa shape index (κ3) is 58.1. The second kappa shape index (κ2) is 59.8. The fourth-order valence-corrected chi connectivity index (χ4v) is 7.49. The van der Waals surface area contributed by atoms with Crippen LogP contribution in [0.5, 0.6) is 0 Å². The summed E-state index contributed by atoms with van der Waals surface area (Å²) in [7, 11) is 0. The molecule has 6 nitrogen and oxygen atoms in total. The molecule has 0 aromatic carbocycles. The van der Waals surface area contributed by atoms with Crippen LogP contribution < -0.4 is 0 Å². The molecule has 0 heterocycles. The largest absolute Gasteiger partial charge is 0.462 e. The van der Waals surface area contributed by atoms with Crippen LogP contribution in [0, 0.1) is 0 Å². The van der Waals surface area contributed by atoms with E-state index in [-0.39, 0.29) is 44.0 Å². The summed E-state index contributed by atoms with van der Waals surface area (Å²) in [5.74, 6) is -1.05. The Labute approximate surface area is 448 Å². The van der Waals surface area contributed by atoms with Crippen LogP contribution in [0.15, 0.2) is 146 Å². The van der Waals surface area contributed by atoms with Crippen molar-refractivity contribution in [3.63, 3.8) is 0 Å². The Hall–Kier alpha value is -4.71. The summed E-state index contributed by atoms with van der Waals surface area (Å²) in [5.41, 5.74) is 0. The first kappa shape index (κ1) is 68.3. The molecule has 0 aromatic heterocycles. The smallest absolute Gasteiger partial charge is 0.306 e. The van der Waals surface area contributed by atoms with Crippen LogP contribution >= 0.6 is 0 Å². The van der Waals surface area contributed by atoms with Crippen LogP contribution in [0.4, 0.5) is 0 Å². The van der Waals surface area contributed by atoms with Gasteiger partial charge in [-0.25, -0.2) is 0 Å². The van der Waals surface area contributed by atoms with Gasteiger partial charge >= 0.3 is 17.9 Å². The third-order valence-electron chi connectivity index (χ3n) is 11.8. The van der Waals surface area contributed by atoms with E-state index in [2.05, 4.69) is 154 Å². The van der Waals surface area contributed by atoms with E-state index in [0.717, 1.165) is 109 Å². The highest BCUT2D eigenvalue weighted by molar-refractivity contribution is 5.71. The zero-order valence-electron chi connectivity index (χ0n) is 46.8. The number of esters is 3. The minimum Gasteiger partial charge on any atom is -0.462 e. The molecular weight excluding hydrogens is 901 g/mol. The first-order valence-electron chi connectivity index (χ1n) is 29.3. The average Bonchev–Trinajstić information content (AvgIpc) is 3.39. The molecule has 0 aliphatic heterocycles. The highest BCUT2D eigenvalue weighted by Crippen LogP contribution is 2.13. The van der Waals surface area contributed by atoms with Crippen molar-refractivity contribution in [3.8, 4) is 0 Å². The fourth-order valence-electron chi connectivity index (χ4n) is 7.49. The Balaban J connectivity index is 4.60. The highest BCUT2D eigenvalue weighted by Gasteiger charge is 2.19. The molecule has 73 heavy (non-hydrogen) atoms. The Morgan fingerprint density at radius 1 is 0.288 bits per heavy atom. The lowest BCUT2D eigenvalue weighted by atomic mass is 10.1. The van der Waals surface area contributed by atoms with Gasteiger partial charge in [0.05, 0.1) is 0 Å². The van der Waals surface area contributed by atoms with E-state index in [4.69, 9.17) is 14.2 Å². The number of rotatable bonds is 51. The van der Waals surface area contributed by atoms with Gasteiger partial charge in [-0.05, 0) is 128 Å². The molecule has 0 aliphatic rings. The number of carbonyl (C=O) groups excluding carboxylic acids is 3. The number of unbranched alkanes of at least 4 members (excludes halogenated alkanes) is 16. The maximum atomic E-state index is 12.9. The van der Waals surface area contributed by atoms with Crippen molar-refractivity contribution in [2.24, 2.45) is 0 Å². The molecule has 0 rings (SSSR count). The van der Waals surface area contributed by atoms with Gasteiger partial charge in [-0.2, -0.15) is 0 Å².